The first-order valence-corrected chi connectivity index (χ1v) is 5.32. The third kappa shape index (κ3) is 2.82. The first kappa shape index (κ1) is 12.0. The standard InChI is InChI=1S/C11H11FN4O2/c12-10-8-9(16(17)18)2-3-11(10)13-5-7-15-6-1-4-14-15/h1-4,6,8,13H,5,7H2. The van der Waals surface area contributed by atoms with Crippen LogP contribution in [-0.4, -0.2) is 21.2 Å². The monoisotopic (exact) mass is 250 g/mol. The van der Waals surface area contributed by atoms with E-state index in [0.29, 0.717) is 13.1 Å². The van der Waals surface area contributed by atoms with Crippen LogP contribution in [0.25, 0.3) is 0 Å². The Morgan fingerprint density at radius 1 is 1.50 bits per heavy atom. The molecule has 1 heterocycles. The Kier molecular flexibility index (Phi) is 3.52. The molecule has 0 amide bonds. The highest BCUT2D eigenvalue weighted by Crippen LogP contribution is 2.20. The number of halogens is 1. The van der Waals surface area contributed by atoms with Crippen molar-refractivity contribution in [2.45, 2.75) is 6.54 Å². The summed E-state index contributed by atoms with van der Waals surface area (Å²) in [5, 5.41) is 17.3. The first-order valence-electron chi connectivity index (χ1n) is 5.32. The van der Waals surface area contributed by atoms with Gasteiger partial charge >= 0.3 is 0 Å². The van der Waals surface area contributed by atoms with Crippen molar-refractivity contribution in [3.8, 4) is 0 Å². The fourth-order valence-corrected chi connectivity index (χ4v) is 1.50. The average Bonchev–Trinajstić information content (AvgIpc) is 2.84. The molecule has 6 nitrogen and oxygen atoms in total. The summed E-state index contributed by atoms with van der Waals surface area (Å²) in [5.74, 6) is -0.635. The number of rotatable bonds is 5. The number of nitro benzene ring substituents is 1. The molecule has 0 unspecified atom stereocenters. The van der Waals surface area contributed by atoms with Gasteiger partial charge in [0.05, 0.1) is 23.2 Å². The van der Waals surface area contributed by atoms with Crippen LogP contribution in [0.15, 0.2) is 36.7 Å². The van der Waals surface area contributed by atoms with Crippen molar-refractivity contribution >= 4 is 11.4 Å². The third-order valence-corrected chi connectivity index (χ3v) is 2.38. The largest absolute Gasteiger partial charge is 0.381 e. The molecule has 18 heavy (non-hydrogen) atoms. The number of anilines is 1. The van der Waals surface area contributed by atoms with Crippen LogP contribution in [0.3, 0.4) is 0 Å². The zero-order valence-corrected chi connectivity index (χ0v) is 9.41. The van der Waals surface area contributed by atoms with Crippen molar-refractivity contribution in [2.75, 3.05) is 11.9 Å². The Balaban J connectivity index is 1.95. The summed E-state index contributed by atoms with van der Waals surface area (Å²) in [6.45, 7) is 1.07. The summed E-state index contributed by atoms with van der Waals surface area (Å²) in [5.41, 5.74) is -0.0158. The van der Waals surface area contributed by atoms with Gasteiger partial charge in [-0.2, -0.15) is 5.10 Å². The van der Waals surface area contributed by atoms with Crippen LogP contribution in [0.5, 0.6) is 0 Å². The maximum Gasteiger partial charge on any atom is 0.272 e. The van der Waals surface area contributed by atoms with Gasteiger partial charge in [0.25, 0.3) is 5.69 Å². The van der Waals surface area contributed by atoms with E-state index in [1.165, 1.54) is 12.1 Å². The molecule has 94 valence electrons. The van der Waals surface area contributed by atoms with Crippen LogP contribution in [0.2, 0.25) is 0 Å². The second kappa shape index (κ2) is 5.26. The number of aromatic nitrogens is 2. The summed E-state index contributed by atoms with van der Waals surface area (Å²) < 4.78 is 15.2. The van der Waals surface area contributed by atoms with E-state index in [9.17, 15) is 14.5 Å². The number of hydrogen-bond donors (Lipinski definition) is 1. The van der Waals surface area contributed by atoms with Crippen molar-refractivity contribution in [2.24, 2.45) is 0 Å². The lowest BCUT2D eigenvalue weighted by atomic mass is 10.2. The van der Waals surface area contributed by atoms with E-state index in [0.717, 1.165) is 6.07 Å². The molecule has 0 spiro atoms. The van der Waals surface area contributed by atoms with Crippen LogP contribution in [0.4, 0.5) is 15.8 Å². The van der Waals surface area contributed by atoms with Crippen molar-refractivity contribution < 1.29 is 9.31 Å². The van der Waals surface area contributed by atoms with E-state index in [1.54, 1.807) is 23.1 Å². The van der Waals surface area contributed by atoms with Gasteiger partial charge in [-0.25, -0.2) is 4.39 Å². The van der Waals surface area contributed by atoms with Crippen molar-refractivity contribution in [1.29, 1.82) is 0 Å². The van der Waals surface area contributed by atoms with Gasteiger partial charge in [0.1, 0.15) is 0 Å². The summed E-state index contributed by atoms with van der Waals surface area (Å²) in [6, 6.07) is 5.32. The topological polar surface area (TPSA) is 73.0 Å². The maximum absolute atomic E-state index is 13.5. The lowest BCUT2D eigenvalue weighted by molar-refractivity contribution is -0.385. The molecule has 1 aromatic heterocycles. The molecule has 0 fully saturated rings. The highest BCUT2D eigenvalue weighted by molar-refractivity contribution is 5.49. The molecule has 1 N–H and O–H groups in total. The molecule has 0 radical (unpaired) electrons. The number of nitrogens with zero attached hydrogens (tertiary/aromatic N) is 3. The summed E-state index contributed by atoms with van der Waals surface area (Å²) in [4.78, 5) is 9.81. The minimum absolute atomic E-state index is 0.243. The Morgan fingerprint density at radius 2 is 2.33 bits per heavy atom. The third-order valence-electron chi connectivity index (χ3n) is 2.38. The number of nitrogens with one attached hydrogen (secondary N) is 1. The fourth-order valence-electron chi connectivity index (χ4n) is 1.50. The molecule has 0 aliphatic rings. The molecule has 0 aliphatic heterocycles. The van der Waals surface area contributed by atoms with Crippen LogP contribution >= 0.6 is 0 Å². The van der Waals surface area contributed by atoms with E-state index >= 15 is 0 Å². The van der Waals surface area contributed by atoms with Gasteiger partial charge in [0.15, 0.2) is 5.82 Å². The van der Waals surface area contributed by atoms with Crippen LogP contribution in [-0.2, 0) is 6.54 Å². The maximum atomic E-state index is 13.5. The normalized spacial score (nSPS) is 10.3. The van der Waals surface area contributed by atoms with Gasteiger partial charge in [0, 0.05) is 25.0 Å². The van der Waals surface area contributed by atoms with Crippen molar-refractivity contribution in [1.82, 2.24) is 9.78 Å². The number of nitro groups is 1. The fraction of sp³-hybridized carbons (Fsp3) is 0.182. The summed E-state index contributed by atoms with van der Waals surface area (Å²) in [7, 11) is 0. The number of hydrogen-bond acceptors (Lipinski definition) is 4. The van der Waals surface area contributed by atoms with Gasteiger partial charge in [-0.15, -0.1) is 0 Å². The zero-order chi connectivity index (χ0) is 13.0. The quantitative estimate of drug-likeness (QED) is 0.651. The van der Waals surface area contributed by atoms with Crippen molar-refractivity contribution in [3.05, 3.63) is 52.6 Å². The molecule has 0 atom stereocenters. The Labute approximate surface area is 102 Å². The van der Waals surface area contributed by atoms with Gasteiger partial charge in [0.2, 0.25) is 0 Å². The zero-order valence-electron chi connectivity index (χ0n) is 9.41. The second-order valence-corrected chi connectivity index (χ2v) is 3.62. The number of non-ortho nitro benzene ring substituents is 1. The molecule has 0 aliphatic carbocycles. The predicted molar refractivity (Wildman–Crippen MR) is 63.8 cm³/mol. The minimum Gasteiger partial charge on any atom is -0.381 e. The summed E-state index contributed by atoms with van der Waals surface area (Å²) >= 11 is 0. The molecule has 1 aromatic carbocycles. The molecule has 7 heteroatoms. The van der Waals surface area contributed by atoms with E-state index < -0.39 is 10.7 Å². The van der Waals surface area contributed by atoms with Gasteiger partial charge < -0.3 is 5.32 Å². The van der Waals surface area contributed by atoms with Crippen LogP contribution in [0.1, 0.15) is 0 Å². The molecule has 0 bridgehead atoms. The highest BCUT2D eigenvalue weighted by Gasteiger charge is 2.09. The minimum atomic E-state index is -0.635. The molecule has 2 rings (SSSR count). The van der Waals surface area contributed by atoms with E-state index in [4.69, 9.17) is 0 Å². The molecule has 0 saturated heterocycles. The van der Waals surface area contributed by atoms with Crippen LogP contribution in [0, 0.1) is 15.9 Å². The molecular formula is C11H11FN4O2. The smallest absolute Gasteiger partial charge is 0.272 e. The molecule has 0 saturated carbocycles. The summed E-state index contributed by atoms with van der Waals surface area (Å²) in [6.07, 6.45) is 3.46. The molecular weight excluding hydrogens is 239 g/mol. The highest BCUT2D eigenvalue weighted by atomic mass is 19.1. The van der Waals surface area contributed by atoms with Gasteiger partial charge in [-0.05, 0) is 12.1 Å². The number of benzene rings is 1. The Bertz CT molecular complexity index is 542. The predicted octanol–water partition coefficient (Wildman–Crippen LogP) is 2.04. The molecule has 2 aromatic rings. The van der Waals surface area contributed by atoms with E-state index in [-0.39, 0.29) is 11.4 Å². The van der Waals surface area contributed by atoms with E-state index in [1.807, 2.05) is 0 Å². The first-order chi connectivity index (χ1) is 8.66. The Hall–Kier alpha value is -2.44. The lowest BCUT2D eigenvalue weighted by Crippen LogP contribution is -2.11. The Morgan fingerprint density at radius 3 is 2.94 bits per heavy atom. The van der Waals surface area contributed by atoms with Gasteiger partial charge in [-0.1, -0.05) is 0 Å². The lowest BCUT2D eigenvalue weighted by Gasteiger charge is -2.07. The average molecular weight is 250 g/mol. The second-order valence-electron chi connectivity index (χ2n) is 3.62. The van der Waals surface area contributed by atoms with Gasteiger partial charge in [-0.3, -0.25) is 14.8 Å². The SMILES string of the molecule is O=[N+]([O-])c1ccc(NCCn2cccn2)c(F)c1. The van der Waals surface area contributed by atoms with Crippen LogP contribution < -0.4 is 5.32 Å². The van der Waals surface area contributed by atoms with Crippen molar-refractivity contribution in [3.63, 3.8) is 0 Å². The van der Waals surface area contributed by atoms with E-state index in [2.05, 4.69) is 10.4 Å².